The van der Waals surface area contributed by atoms with E-state index >= 15 is 0 Å². The van der Waals surface area contributed by atoms with Gasteiger partial charge in [0.15, 0.2) is 0 Å². The average molecular weight is 495 g/mol. The number of esters is 1. The molecule has 4 aliphatic rings. The van der Waals surface area contributed by atoms with Crippen LogP contribution in [0.2, 0.25) is 0 Å². The highest BCUT2D eigenvalue weighted by molar-refractivity contribution is 5.66. The summed E-state index contributed by atoms with van der Waals surface area (Å²) in [5, 5.41) is 44.4. The van der Waals surface area contributed by atoms with Gasteiger partial charge in [-0.15, -0.1) is 0 Å². The summed E-state index contributed by atoms with van der Waals surface area (Å²) in [5.41, 5.74) is -2.06. The van der Waals surface area contributed by atoms with Gasteiger partial charge in [-0.2, -0.15) is 0 Å². The molecule has 11 atom stereocenters. The van der Waals surface area contributed by atoms with Crippen molar-refractivity contribution < 1.29 is 30.0 Å². The fourth-order valence-electron chi connectivity index (χ4n) is 9.63. The summed E-state index contributed by atoms with van der Waals surface area (Å²) in [7, 11) is 0. The Morgan fingerprint density at radius 3 is 2.40 bits per heavy atom. The van der Waals surface area contributed by atoms with Crippen LogP contribution < -0.4 is 0 Å². The minimum absolute atomic E-state index is 0.0977. The number of aliphatic hydroxyl groups is 4. The van der Waals surface area contributed by atoms with Crippen molar-refractivity contribution in [2.45, 2.75) is 123 Å². The third-order valence-corrected chi connectivity index (χ3v) is 11.4. The molecular weight excluding hydrogens is 444 g/mol. The first-order valence-electron chi connectivity index (χ1n) is 14.3. The van der Waals surface area contributed by atoms with Gasteiger partial charge in [-0.1, -0.05) is 27.7 Å². The number of hydrogen-bond donors (Lipinski definition) is 4. The molecule has 35 heavy (non-hydrogen) atoms. The Hall–Kier alpha value is -0.690. The topological polar surface area (TPSA) is 107 Å². The molecule has 4 aliphatic carbocycles. The molecule has 0 aromatic carbocycles. The lowest BCUT2D eigenvalue weighted by Crippen LogP contribution is -2.71. The Bertz CT molecular complexity index is 770. The van der Waals surface area contributed by atoms with Crippen molar-refractivity contribution in [2.75, 3.05) is 6.61 Å². The van der Waals surface area contributed by atoms with Crippen molar-refractivity contribution in [1.82, 2.24) is 0 Å². The molecule has 0 heterocycles. The van der Waals surface area contributed by atoms with Gasteiger partial charge in [0, 0.05) is 18.8 Å². The fraction of sp³-hybridized carbons (Fsp3) is 0.966. The van der Waals surface area contributed by atoms with Gasteiger partial charge in [0.05, 0.1) is 18.8 Å². The third kappa shape index (κ3) is 4.38. The summed E-state index contributed by atoms with van der Waals surface area (Å²) >= 11 is 0. The largest absolute Gasteiger partial charge is 0.459 e. The van der Waals surface area contributed by atoms with Crippen LogP contribution in [0.15, 0.2) is 0 Å². The Balaban J connectivity index is 1.63. The molecule has 0 bridgehead atoms. The standard InChI is InChI=1S/C29H50O6/c1-17(2)6-9-25(33)18(3)22-7-8-23-21-14-26(35-19(4)31)29(34)15-20(32)10-13-28(29,16-30)24(21)11-12-27(22,23)5/h17-18,20-26,30,32-34H,6-16H2,1-5H3/t18-,20-,21-,22+,23-,24-,25-,26+,27+,28-,29-/m0/s1. The number of rotatable bonds is 7. The Morgan fingerprint density at radius 2 is 1.77 bits per heavy atom. The van der Waals surface area contributed by atoms with Crippen molar-refractivity contribution >= 4 is 5.97 Å². The zero-order valence-electron chi connectivity index (χ0n) is 22.6. The summed E-state index contributed by atoms with van der Waals surface area (Å²) in [6, 6.07) is 0. The van der Waals surface area contributed by atoms with Gasteiger partial charge in [-0.25, -0.2) is 0 Å². The van der Waals surface area contributed by atoms with Gasteiger partial charge < -0.3 is 25.2 Å². The highest BCUT2D eigenvalue weighted by Crippen LogP contribution is 2.69. The predicted molar refractivity (Wildman–Crippen MR) is 134 cm³/mol. The second kappa shape index (κ2) is 9.89. The van der Waals surface area contributed by atoms with E-state index < -0.39 is 29.2 Å². The van der Waals surface area contributed by atoms with E-state index in [0.717, 1.165) is 38.5 Å². The Kier molecular flexibility index (Phi) is 7.72. The molecule has 202 valence electrons. The smallest absolute Gasteiger partial charge is 0.303 e. The van der Waals surface area contributed by atoms with Crippen molar-refractivity contribution in [2.24, 2.45) is 46.3 Å². The zero-order valence-corrected chi connectivity index (χ0v) is 22.6. The molecule has 0 spiro atoms. The molecule has 0 radical (unpaired) electrons. The molecule has 0 unspecified atom stereocenters. The molecule has 0 aromatic heterocycles. The van der Waals surface area contributed by atoms with Gasteiger partial charge in [0.25, 0.3) is 0 Å². The Labute approximate surface area is 211 Å². The van der Waals surface area contributed by atoms with Crippen molar-refractivity contribution in [3.05, 3.63) is 0 Å². The van der Waals surface area contributed by atoms with E-state index in [9.17, 15) is 25.2 Å². The minimum Gasteiger partial charge on any atom is -0.459 e. The molecular formula is C29H50O6. The van der Waals surface area contributed by atoms with Gasteiger partial charge in [0.2, 0.25) is 0 Å². The van der Waals surface area contributed by atoms with Gasteiger partial charge in [-0.05, 0) is 98.7 Å². The van der Waals surface area contributed by atoms with Crippen molar-refractivity contribution in [1.29, 1.82) is 0 Å². The first-order valence-corrected chi connectivity index (χ1v) is 14.3. The van der Waals surface area contributed by atoms with Crippen LogP contribution in [0.25, 0.3) is 0 Å². The molecule has 4 N–H and O–H groups in total. The Morgan fingerprint density at radius 1 is 1.06 bits per heavy atom. The average Bonchev–Trinajstić information content (AvgIpc) is 3.14. The normalized spacial score (nSPS) is 46.9. The maximum Gasteiger partial charge on any atom is 0.303 e. The monoisotopic (exact) mass is 494 g/mol. The van der Waals surface area contributed by atoms with E-state index in [2.05, 4.69) is 27.7 Å². The summed E-state index contributed by atoms with van der Waals surface area (Å²) < 4.78 is 5.78. The lowest BCUT2D eigenvalue weighted by molar-refractivity contribution is -0.284. The van der Waals surface area contributed by atoms with Gasteiger partial charge in [-0.3, -0.25) is 4.79 Å². The zero-order chi connectivity index (χ0) is 25.8. The summed E-state index contributed by atoms with van der Waals surface area (Å²) in [5.74, 6) is 1.67. The molecule has 4 rings (SSSR count). The first kappa shape index (κ1) is 27.3. The minimum atomic E-state index is -1.40. The highest BCUT2D eigenvalue weighted by Gasteiger charge is 2.70. The third-order valence-electron chi connectivity index (χ3n) is 11.4. The molecule has 4 saturated carbocycles. The van der Waals surface area contributed by atoms with E-state index in [0.29, 0.717) is 37.0 Å². The van der Waals surface area contributed by atoms with Crippen LogP contribution >= 0.6 is 0 Å². The molecule has 6 heteroatoms. The maximum absolute atomic E-state index is 12.1. The molecule has 0 aromatic rings. The number of ether oxygens (including phenoxy) is 1. The van der Waals surface area contributed by atoms with E-state index in [1.165, 1.54) is 6.92 Å². The lowest BCUT2D eigenvalue weighted by Gasteiger charge is -2.66. The molecule has 6 nitrogen and oxygen atoms in total. The fourth-order valence-corrected chi connectivity index (χ4v) is 9.63. The van der Waals surface area contributed by atoms with Crippen LogP contribution in [-0.2, 0) is 9.53 Å². The number of carbonyl (C=O) groups is 1. The van der Waals surface area contributed by atoms with E-state index in [-0.39, 0.29) is 42.3 Å². The number of fused-ring (bicyclic) bond motifs is 5. The maximum atomic E-state index is 12.1. The predicted octanol–water partition coefficient (Wildman–Crippen LogP) is 4.07. The van der Waals surface area contributed by atoms with Crippen molar-refractivity contribution in [3.8, 4) is 0 Å². The summed E-state index contributed by atoms with van der Waals surface area (Å²) in [6.07, 6.45) is 6.23. The van der Waals surface area contributed by atoms with Crippen LogP contribution in [0, 0.1) is 46.3 Å². The summed E-state index contributed by atoms with van der Waals surface area (Å²) in [4.78, 5) is 12.1. The number of carbonyl (C=O) groups excluding carboxylic acids is 1. The van der Waals surface area contributed by atoms with E-state index in [1.807, 2.05) is 0 Å². The number of hydrogen-bond acceptors (Lipinski definition) is 6. The molecule has 0 saturated heterocycles. The number of aliphatic hydroxyl groups excluding tert-OH is 3. The molecule has 0 aliphatic heterocycles. The second-order valence-electron chi connectivity index (χ2n) is 13.5. The second-order valence-corrected chi connectivity index (χ2v) is 13.5. The van der Waals surface area contributed by atoms with E-state index in [1.54, 1.807) is 0 Å². The first-order chi connectivity index (χ1) is 16.4. The van der Waals surface area contributed by atoms with Crippen LogP contribution in [0.1, 0.15) is 98.8 Å². The quantitative estimate of drug-likeness (QED) is 0.398. The van der Waals surface area contributed by atoms with Gasteiger partial charge >= 0.3 is 5.97 Å². The van der Waals surface area contributed by atoms with Crippen LogP contribution in [0.3, 0.4) is 0 Å². The molecule has 4 fully saturated rings. The highest BCUT2D eigenvalue weighted by atomic mass is 16.6. The van der Waals surface area contributed by atoms with Gasteiger partial charge in [0.1, 0.15) is 11.7 Å². The SMILES string of the molecule is CC(=O)O[C@@H]1C[C@H]2[C@@H]3CC[C@H]([C@H](C)[C@@H](O)CCC(C)C)[C@@]3(C)CC[C@@H]2[C@@]2(CO)CC[C@H](O)C[C@]12O. The lowest BCUT2D eigenvalue weighted by atomic mass is 9.42. The van der Waals surface area contributed by atoms with E-state index in [4.69, 9.17) is 4.74 Å². The van der Waals surface area contributed by atoms with Crippen molar-refractivity contribution in [3.63, 3.8) is 0 Å². The van der Waals surface area contributed by atoms with Crippen LogP contribution in [0.5, 0.6) is 0 Å². The van der Waals surface area contributed by atoms with Crippen LogP contribution in [-0.4, -0.2) is 56.9 Å². The molecule has 0 amide bonds. The summed E-state index contributed by atoms with van der Waals surface area (Å²) in [6.45, 7) is 10.3. The van der Waals surface area contributed by atoms with Crippen LogP contribution in [0.4, 0.5) is 0 Å².